The molecular formula is C17H20N2O. The molecule has 0 spiro atoms. The van der Waals surface area contributed by atoms with Gasteiger partial charge in [0.2, 0.25) is 0 Å². The normalized spacial score (nSPS) is 17.2. The topological polar surface area (TPSA) is 36.1 Å². The van der Waals surface area contributed by atoms with Crippen molar-refractivity contribution >= 4 is 0 Å². The molecule has 1 N–H and O–H groups in total. The molecule has 2 heterocycles. The van der Waals surface area contributed by atoms with E-state index in [1.54, 1.807) is 6.20 Å². The van der Waals surface area contributed by atoms with Crippen molar-refractivity contribution in [1.82, 2.24) is 9.88 Å². The molecule has 0 amide bonds. The van der Waals surface area contributed by atoms with Crippen LogP contribution in [0.2, 0.25) is 0 Å². The van der Waals surface area contributed by atoms with Gasteiger partial charge in [-0.15, -0.1) is 0 Å². The molecule has 0 saturated carbocycles. The standard InChI is InChI=1S/C17H20N2O/c1-13(19-10-2-3-11-19)14-6-4-7-15(12-14)16-8-5-9-18-17(16)20/h4-9,12-13H,2-3,10-11H2,1H3,(H,18,20)/t13-/m1/s1. The Morgan fingerprint density at radius 1 is 1.15 bits per heavy atom. The Bertz CT molecular complexity index is 641. The molecule has 2 aromatic rings. The lowest BCUT2D eigenvalue weighted by Gasteiger charge is -2.24. The molecule has 3 heteroatoms. The average Bonchev–Trinajstić information content (AvgIpc) is 3.01. The third-order valence-electron chi connectivity index (χ3n) is 4.19. The quantitative estimate of drug-likeness (QED) is 0.928. The van der Waals surface area contributed by atoms with E-state index in [9.17, 15) is 4.79 Å². The molecule has 1 saturated heterocycles. The lowest BCUT2D eigenvalue weighted by atomic mass is 10.0. The van der Waals surface area contributed by atoms with E-state index < -0.39 is 0 Å². The number of hydrogen-bond acceptors (Lipinski definition) is 2. The molecule has 20 heavy (non-hydrogen) atoms. The highest BCUT2D eigenvalue weighted by atomic mass is 16.1. The Labute approximate surface area is 119 Å². The molecule has 104 valence electrons. The van der Waals surface area contributed by atoms with Crippen LogP contribution in [0.25, 0.3) is 11.1 Å². The molecule has 0 radical (unpaired) electrons. The minimum absolute atomic E-state index is 0.0292. The predicted octanol–water partition coefficient (Wildman–Crippen LogP) is 3.20. The van der Waals surface area contributed by atoms with E-state index in [1.807, 2.05) is 24.3 Å². The first-order valence-corrected chi connectivity index (χ1v) is 7.28. The van der Waals surface area contributed by atoms with Crippen LogP contribution in [0.15, 0.2) is 47.4 Å². The Morgan fingerprint density at radius 3 is 2.70 bits per heavy atom. The van der Waals surface area contributed by atoms with Gasteiger partial charge in [-0.05, 0) is 62.2 Å². The maximum atomic E-state index is 11.9. The lowest BCUT2D eigenvalue weighted by molar-refractivity contribution is 0.263. The summed E-state index contributed by atoms with van der Waals surface area (Å²) in [5.41, 5.74) is 2.99. The highest BCUT2D eigenvalue weighted by Gasteiger charge is 2.19. The minimum Gasteiger partial charge on any atom is -0.329 e. The molecule has 3 rings (SSSR count). The van der Waals surface area contributed by atoms with Crippen LogP contribution in [0, 0.1) is 0 Å². The monoisotopic (exact) mass is 268 g/mol. The maximum Gasteiger partial charge on any atom is 0.255 e. The van der Waals surface area contributed by atoms with Crippen molar-refractivity contribution in [2.75, 3.05) is 13.1 Å². The van der Waals surface area contributed by atoms with E-state index in [2.05, 4.69) is 28.9 Å². The van der Waals surface area contributed by atoms with Gasteiger partial charge in [-0.2, -0.15) is 0 Å². The molecule has 0 unspecified atom stereocenters. The third kappa shape index (κ3) is 2.54. The summed E-state index contributed by atoms with van der Waals surface area (Å²) >= 11 is 0. The molecule has 3 nitrogen and oxygen atoms in total. The number of H-pyrrole nitrogens is 1. The van der Waals surface area contributed by atoms with Gasteiger partial charge in [0.1, 0.15) is 0 Å². The second-order valence-electron chi connectivity index (χ2n) is 5.46. The summed E-state index contributed by atoms with van der Waals surface area (Å²) < 4.78 is 0. The second-order valence-corrected chi connectivity index (χ2v) is 5.46. The van der Waals surface area contributed by atoms with Crippen LogP contribution in [0.1, 0.15) is 31.4 Å². The van der Waals surface area contributed by atoms with Gasteiger partial charge in [-0.25, -0.2) is 0 Å². The fourth-order valence-corrected chi connectivity index (χ4v) is 2.95. The number of aromatic nitrogens is 1. The predicted molar refractivity (Wildman–Crippen MR) is 81.7 cm³/mol. The number of aromatic amines is 1. The van der Waals surface area contributed by atoms with Crippen LogP contribution in [-0.2, 0) is 0 Å². The number of nitrogens with zero attached hydrogens (tertiary/aromatic N) is 1. The molecule has 1 aromatic carbocycles. The SMILES string of the molecule is C[C@H](c1cccc(-c2ccc[nH]c2=O)c1)N1CCCC1. The van der Waals surface area contributed by atoms with Crippen LogP contribution in [0.4, 0.5) is 0 Å². The number of hydrogen-bond donors (Lipinski definition) is 1. The zero-order chi connectivity index (χ0) is 13.9. The van der Waals surface area contributed by atoms with Crippen molar-refractivity contribution in [1.29, 1.82) is 0 Å². The number of nitrogens with one attached hydrogen (secondary N) is 1. The number of likely N-dealkylation sites (tertiary alicyclic amines) is 1. The summed E-state index contributed by atoms with van der Waals surface area (Å²) in [7, 11) is 0. The first-order chi connectivity index (χ1) is 9.75. The molecule has 1 aliphatic heterocycles. The lowest BCUT2D eigenvalue weighted by Crippen LogP contribution is -2.23. The van der Waals surface area contributed by atoms with Crippen LogP contribution in [0.5, 0.6) is 0 Å². The Hall–Kier alpha value is -1.87. The zero-order valence-corrected chi connectivity index (χ0v) is 11.8. The van der Waals surface area contributed by atoms with Gasteiger partial charge in [0.15, 0.2) is 0 Å². The molecule has 0 aliphatic carbocycles. The van der Waals surface area contributed by atoms with Gasteiger partial charge in [0.05, 0.1) is 0 Å². The van der Waals surface area contributed by atoms with Gasteiger partial charge >= 0.3 is 0 Å². The van der Waals surface area contributed by atoms with Crippen molar-refractivity contribution in [3.05, 3.63) is 58.5 Å². The summed E-state index contributed by atoms with van der Waals surface area (Å²) in [6.45, 7) is 4.61. The molecule has 1 atom stereocenters. The molecule has 1 aliphatic rings. The highest BCUT2D eigenvalue weighted by molar-refractivity contribution is 5.63. The average molecular weight is 268 g/mol. The zero-order valence-electron chi connectivity index (χ0n) is 11.8. The minimum atomic E-state index is -0.0292. The van der Waals surface area contributed by atoms with Crippen molar-refractivity contribution < 1.29 is 0 Å². The van der Waals surface area contributed by atoms with E-state index in [1.165, 1.54) is 31.5 Å². The van der Waals surface area contributed by atoms with Crippen LogP contribution in [0.3, 0.4) is 0 Å². The van der Waals surface area contributed by atoms with Crippen molar-refractivity contribution in [3.8, 4) is 11.1 Å². The van der Waals surface area contributed by atoms with Crippen molar-refractivity contribution in [3.63, 3.8) is 0 Å². The van der Waals surface area contributed by atoms with Gasteiger partial charge < -0.3 is 4.98 Å². The number of benzene rings is 1. The van der Waals surface area contributed by atoms with E-state index in [-0.39, 0.29) is 5.56 Å². The van der Waals surface area contributed by atoms with Crippen LogP contribution < -0.4 is 5.56 Å². The van der Waals surface area contributed by atoms with E-state index >= 15 is 0 Å². The van der Waals surface area contributed by atoms with Crippen LogP contribution >= 0.6 is 0 Å². The molecule has 1 aromatic heterocycles. The summed E-state index contributed by atoms with van der Waals surface area (Å²) in [6.07, 6.45) is 4.26. The Morgan fingerprint density at radius 2 is 1.95 bits per heavy atom. The van der Waals surface area contributed by atoms with Gasteiger partial charge in [-0.3, -0.25) is 9.69 Å². The number of pyridine rings is 1. The van der Waals surface area contributed by atoms with E-state index in [0.29, 0.717) is 6.04 Å². The summed E-state index contributed by atoms with van der Waals surface area (Å²) in [6, 6.07) is 12.5. The van der Waals surface area contributed by atoms with Gasteiger partial charge in [-0.1, -0.05) is 18.2 Å². The summed E-state index contributed by atoms with van der Waals surface area (Å²) in [4.78, 5) is 17.1. The first-order valence-electron chi connectivity index (χ1n) is 7.28. The fraction of sp³-hybridized carbons (Fsp3) is 0.353. The Kier molecular flexibility index (Phi) is 3.70. The summed E-state index contributed by atoms with van der Waals surface area (Å²) in [5.74, 6) is 0. The molecular weight excluding hydrogens is 248 g/mol. The fourth-order valence-electron chi connectivity index (χ4n) is 2.95. The summed E-state index contributed by atoms with van der Waals surface area (Å²) in [5, 5.41) is 0. The first kappa shape index (κ1) is 13.1. The second kappa shape index (κ2) is 5.63. The van der Waals surface area contributed by atoms with Gasteiger partial charge in [0.25, 0.3) is 5.56 Å². The van der Waals surface area contributed by atoms with E-state index in [0.717, 1.165) is 11.1 Å². The van der Waals surface area contributed by atoms with E-state index in [4.69, 9.17) is 0 Å². The molecule has 1 fully saturated rings. The Balaban J connectivity index is 1.93. The van der Waals surface area contributed by atoms with Crippen molar-refractivity contribution in [2.24, 2.45) is 0 Å². The number of rotatable bonds is 3. The third-order valence-corrected chi connectivity index (χ3v) is 4.19. The highest BCUT2D eigenvalue weighted by Crippen LogP contribution is 2.27. The largest absolute Gasteiger partial charge is 0.329 e. The van der Waals surface area contributed by atoms with Crippen molar-refractivity contribution in [2.45, 2.75) is 25.8 Å². The maximum absolute atomic E-state index is 11.9. The molecule has 0 bridgehead atoms. The van der Waals surface area contributed by atoms with Gasteiger partial charge in [0, 0.05) is 17.8 Å². The van der Waals surface area contributed by atoms with Crippen LogP contribution in [-0.4, -0.2) is 23.0 Å². The smallest absolute Gasteiger partial charge is 0.255 e.